The highest BCUT2D eigenvalue weighted by Gasteiger charge is 2.49. The molecule has 0 radical (unpaired) electrons. The fourth-order valence-corrected chi connectivity index (χ4v) is 4.34. The van der Waals surface area contributed by atoms with Crippen molar-refractivity contribution in [3.8, 4) is 0 Å². The van der Waals surface area contributed by atoms with E-state index >= 15 is 0 Å². The normalized spacial score (nSPS) is 15.2. The van der Waals surface area contributed by atoms with E-state index in [-0.39, 0.29) is 5.41 Å². The first-order valence-corrected chi connectivity index (χ1v) is 11.6. The Bertz CT molecular complexity index is 744. The summed E-state index contributed by atoms with van der Waals surface area (Å²) in [4.78, 5) is 22.5. The zero-order chi connectivity index (χ0) is 22.4. The molecule has 1 aliphatic carbocycles. The molecule has 0 heterocycles. The number of unbranched alkanes of at least 4 members (excludes halogenated alkanes) is 4. The summed E-state index contributed by atoms with van der Waals surface area (Å²) in [5.74, 6) is -1.32. The number of carbonyl (C=O) groups is 2. The van der Waals surface area contributed by atoms with E-state index < -0.39 is 17.4 Å². The second-order valence-corrected chi connectivity index (χ2v) is 10.0. The molecular formula is C26H40O4. The Morgan fingerprint density at radius 1 is 0.933 bits per heavy atom. The van der Waals surface area contributed by atoms with Gasteiger partial charge in [0.05, 0.1) is 10.8 Å². The summed E-state index contributed by atoms with van der Waals surface area (Å²) in [6, 6.07) is 4.48. The first-order chi connectivity index (χ1) is 14.1. The molecule has 0 unspecified atom stereocenters. The van der Waals surface area contributed by atoms with Crippen LogP contribution in [0, 0.1) is 24.7 Å². The fourth-order valence-electron chi connectivity index (χ4n) is 4.34. The van der Waals surface area contributed by atoms with Crippen LogP contribution < -0.4 is 0 Å². The van der Waals surface area contributed by atoms with Crippen LogP contribution in [0.4, 0.5) is 0 Å². The lowest BCUT2D eigenvalue weighted by molar-refractivity contribution is -0.147. The molecule has 1 aromatic rings. The van der Waals surface area contributed by atoms with Gasteiger partial charge in [-0.15, -0.1) is 0 Å². The molecule has 2 rings (SSSR count). The molecular weight excluding hydrogens is 376 g/mol. The SMILES string of the molecule is Cc1ccc(CCCCCC2(C(=O)O)CC2)c(CCCCCC(C)(C)C(=O)O)c1C. The molecule has 2 N–H and O–H groups in total. The van der Waals surface area contributed by atoms with E-state index in [0.29, 0.717) is 0 Å². The van der Waals surface area contributed by atoms with Crippen molar-refractivity contribution in [1.82, 2.24) is 0 Å². The second-order valence-electron chi connectivity index (χ2n) is 10.0. The number of carboxylic acid groups (broad SMARTS) is 2. The molecule has 1 aromatic carbocycles. The molecule has 1 saturated carbocycles. The van der Waals surface area contributed by atoms with Crippen molar-refractivity contribution in [2.24, 2.45) is 10.8 Å². The zero-order valence-electron chi connectivity index (χ0n) is 19.4. The second kappa shape index (κ2) is 10.5. The summed E-state index contributed by atoms with van der Waals surface area (Å²) in [5.41, 5.74) is 4.60. The maximum absolute atomic E-state index is 11.3. The van der Waals surface area contributed by atoms with Crippen molar-refractivity contribution in [1.29, 1.82) is 0 Å². The monoisotopic (exact) mass is 416 g/mol. The van der Waals surface area contributed by atoms with Crippen molar-refractivity contribution in [3.63, 3.8) is 0 Å². The summed E-state index contributed by atoms with van der Waals surface area (Å²) in [6.45, 7) is 7.99. The van der Waals surface area contributed by atoms with Gasteiger partial charge in [0, 0.05) is 0 Å². The van der Waals surface area contributed by atoms with E-state index in [1.807, 2.05) is 0 Å². The van der Waals surface area contributed by atoms with Crippen LogP contribution in [0.1, 0.15) is 100 Å². The summed E-state index contributed by atoms with van der Waals surface area (Å²) in [5, 5.41) is 18.5. The summed E-state index contributed by atoms with van der Waals surface area (Å²) in [7, 11) is 0. The lowest BCUT2D eigenvalue weighted by atomic mass is 9.86. The van der Waals surface area contributed by atoms with Crippen LogP contribution in [-0.2, 0) is 22.4 Å². The Labute approximate surface area is 182 Å². The number of aryl methyl sites for hydroxylation is 2. The van der Waals surface area contributed by atoms with E-state index in [1.54, 1.807) is 13.8 Å². The standard InChI is InChI=1S/C26H40O4/c1-19-13-14-21(11-7-5-10-16-26(17-18-26)24(29)30)22(20(19)2)12-8-6-9-15-25(3,4)23(27)28/h13-14H,5-12,15-18H2,1-4H3,(H,27,28)(H,29,30). The van der Waals surface area contributed by atoms with Gasteiger partial charge in [0.25, 0.3) is 0 Å². The number of hydrogen-bond acceptors (Lipinski definition) is 2. The first-order valence-electron chi connectivity index (χ1n) is 11.6. The molecule has 0 spiro atoms. The molecule has 0 amide bonds. The van der Waals surface area contributed by atoms with Gasteiger partial charge in [-0.25, -0.2) is 0 Å². The highest BCUT2D eigenvalue weighted by Crippen LogP contribution is 2.50. The third-order valence-corrected chi connectivity index (χ3v) is 7.18. The maximum atomic E-state index is 11.3. The van der Waals surface area contributed by atoms with E-state index in [1.165, 1.54) is 22.3 Å². The van der Waals surface area contributed by atoms with Crippen LogP contribution in [0.3, 0.4) is 0 Å². The lowest BCUT2D eigenvalue weighted by Crippen LogP contribution is -2.23. The van der Waals surface area contributed by atoms with Crippen molar-refractivity contribution < 1.29 is 19.8 Å². The average molecular weight is 417 g/mol. The number of aliphatic carboxylic acids is 2. The average Bonchev–Trinajstić information content (AvgIpc) is 3.47. The Morgan fingerprint density at radius 2 is 1.57 bits per heavy atom. The van der Waals surface area contributed by atoms with Gasteiger partial charge in [0.2, 0.25) is 0 Å². The molecule has 0 atom stereocenters. The van der Waals surface area contributed by atoms with Gasteiger partial charge < -0.3 is 10.2 Å². The Balaban J connectivity index is 1.80. The number of rotatable bonds is 14. The van der Waals surface area contributed by atoms with Crippen LogP contribution in [0.2, 0.25) is 0 Å². The summed E-state index contributed by atoms with van der Waals surface area (Å²) >= 11 is 0. The minimum Gasteiger partial charge on any atom is -0.481 e. The molecule has 0 aromatic heterocycles. The van der Waals surface area contributed by atoms with Crippen molar-refractivity contribution in [2.45, 2.75) is 105 Å². The first kappa shape index (κ1) is 24.4. The molecule has 0 bridgehead atoms. The Kier molecular flexibility index (Phi) is 8.52. The highest BCUT2D eigenvalue weighted by atomic mass is 16.4. The third kappa shape index (κ3) is 6.58. The van der Waals surface area contributed by atoms with Crippen LogP contribution in [0.5, 0.6) is 0 Å². The third-order valence-electron chi connectivity index (χ3n) is 7.18. The fraction of sp³-hybridized carbons (Fsp3) is 0.692. The minimum atomic E-state index is -0.713. The molecule has 4 heteroatoms. The molecule has 0 saturated heterocycles. The minimum absolute atomic E-state index is 0.388. The molecule has 1 aliphatic rings. The summed E-state index contributed by atoms with van der Waals surface area (Å²) in [6.07, 6.45) is 11.7. The van der Waals surface area contributed by atoms with E-state index in [0.717, 1.165) is 77.0 Å². The largest absolute Gasteiger partial charge is 0.481 e. The topological polar surface area (TPSA) is 74.6 Å². The molecule has 168 valence electrons. The zero-order valence-corrected chi connectivity index (χ0v) is 19.4. The van der Waals surface area contributed by atoms with Gasteiger partial charge in [-0.3, -0.25) is 9.59 Å². The highest BCUT2D eigenvalue weighted by molar-refractivity contribution is 5.77. The van der Waals surface area contributed by atoms with Gasteiger partial charge in [-0.05, 0) is 101 Å². The number of hydrogen-bond donors (Lipinski definition) is 2. The lowest BCUT2D eigenvalue weighted by Gasteiger charge is -2.19. The van der Waals surface area contributed by atoms with Gasteiger partial charge in [-0.1, -0.05) is 37.8 Å². The van der Waals surface area contributed by atoms with Gasteiger partial charge >= 0.3 is 11.9 Å². The molecule has 1 fully saturated rings. The number of carboxylic acids is 2. The maximum Gasteiger partial charge on any atom is 0.309 e. The molecule has 4 nitrogen and oxygen atoms in total. The van der Waals surface area contributed by atoms with Crippen LogP contribution >= 0.6 is 0 Å². The summed E-state index contributed by atoms with van der Waals surface area (Å²) < 4.78 is 0. The molecule has 30 heavy (non-hydrogen) atoms. The van der Waals surface area contributed by atoms with Gasteiger partial charge in [0.1, 0.15) is 0 Å². The van der Waals surface area contributed by atoms with Crippen molar-refractivity contribution in [3.05, 3.63) is 34.4 Å². The van der Waals surface area contributed by atoms with Gasteiger partial charge in [-0.2, -0.15) is 0 Å². The smallest absolute Gasteiger partial charge is 0.309 e. The van der Waals surface area contributed by atoms with E-state index in [4.69, 9.17) is 0 Å². The van der Waals surface area contributed by atoms with Crippen LogP contribution in [-0.4, -0.2) is 22.2 Å². The molecule has 0 aliphatic heterocycles. The quantitative estimate of drug-likeness (QED) is 0.340. The number of benzene rings is 1. The van der Waals surface area contributed by atoms with Crippen LogP contribution in [0.15, 0.2) is 12.1 Å². The predicted octanol–water partition coefficient (Wildman–Crippen LogP) is 6.48. The van der Waals surface area contributed by atoms with E-state index in [9.17, 15) is 19.8 Å². The Hall–Kier alpha value is -1.84. The Morgan fingerprint density at radius 3 is 2.17 bits per heavy atom. The predicted molar refractivity (Wildman–Crippen MR) is 121 cm³/mol. The van der Waals surface area contributed by atoms with Crippen molar-refractivity contribution >= 4 is 11.9 Å². The van der Waals surface area contributed by atoms with Crippen molar-refractivity contribution in [2.75, 3.05) is 0 Å². The van der Waals surface area contributed by atoms with Gasteiger partial charge in [0.15, 0.2) is 0 Å². The van der Waals surface area contributed by atoms with E-state index in [2.05, 4.69) is 26.0 Å². The van der Waals surface area contributed by atoms with Crippen LogP contribution in [0.25, 0.3) is 0 Å².